The molecule has 1 aliphatic heterocycles. The Hall–Kier alpha value is -2.00. The number of halogens is 1. The number of nitrogens with zero attached hydrogens (tertiary/aromatic N) is 1. The molecule has 0 radical (unpaired) electrons. The van der Waals surface area contributed by atoms with E-state index in [0.29, 0.717) is 28.7 Å². The van der Waals surface area contributed by atoms with Crippen LogP contribution in [0.5, 0.6) is 11.5 Å². The molecule has 0 amide bonds. The Morgan fingerprint density at radius 1 is 1.23 bits per heavy atom. The summed E-state index contributed by atoms with van der Waals surface area (Å²) >= 11 is 6.06. The van der Waals surface area contributed by atoms with Gasteiger partial charge in [-0.3, -0.25) is 0 Å². The summed E-state index contributed by atoms with van der Waals surface area (Å²) in [7, 11) is -0.869. The van der Waals surface area contributed by atoms with Crippen LogP contribution in [0.2, 0.25) is 5.02 Å². The fourth-order valence-electron chi connectivity index (χ4n) is 2.63. The van der Waals surface area contributed by atoms with Crippen LogP contribution < -0.4 is 10.2 Å². The Morgan fingerprint density at radius 2 is 1.91 bits per heavy atom. The van der Waals surface area contributed by atoms with Crippen LogP contribution in [0.25, 0.3) is 0 Å². The van der Waals surface area contributed by atoms with Gasteiger partial charge < -0.3 is 14.4 Å². The van der Waals surface area contributed by atoms with Crippen molar-refractivity contribution >= 4 is 24.2 Å². The summed E-state index contributed by atoms with van der Waals surface area (Å²) in [6.45, 7) is 4.09. The minimum atomic E-state index is -0.869. The van der Waals surface area contributed by atoms with Gasteiger partial charge in [0.25, 0.3) is 0 Å². The lowest BCUT2D eigenvalue weighted by Gasteiger charge is -2.11. The third-order valence-electron chi connectivity index (χ3n) is 3.67. The molecule has 0 bridgehead atoms. The molecule has 6 heteroatoms. The largest absolute Gasteiger partial charge is 0.492 e. The van der Waals surface area contributed by atoms with E-state index >= 15 is 0 Å². The number of fused-ring (bicyclic) bond motifs is 1. The summed E-state index contributed by atoms with van der Waals surface area (Å²) in [6, 6.07) is 9.14. The second kappa shape index (κ2) is 5.66. The van der Waals surface area contributed by atoms with Crippen LogP contribution >= 0.6 is 11.6 Å². The maximum atomic E-state index is 9.76. The van der Waals surface area contributed by atoms with Crippen LogP contribution in [-0.4, -0.2) is 12.1 Å². The van der Waals surface area contributed by atoms with E-state index in [1.807, 2.05) is 26.0 Å². The van der Waals surface area contributed by atoms with Gasteiger partial charge in [-0.25, -0.2) is 0 Å². The van der Waals surface area contributed by atoms with Gasteiger partial charge in [-0.2, -0.15) is 5.26 Å². The molecule has 22 heavy (non-hydrogen) atoms. The molecule has 0 fully saturated rings. The van der Waals surface area contributed by atoms with Gasteiger partial charge in [0.1, 0.15) is 17.6 Å². The average molecular weight is 314 g/mol. The van der Waals surface area contributed by atoms with Crippen molar-refractivity contribution < 1.29 is 14.4 Å². The Balaban J connectivity index is 1.97. The molecule has 1 heterocycles. The van der Waals surface area contributed by atoms with E-state index in [1.54, 1.807) is 12.1 Å². The van der Waals surface area contributed by atoms with Crippen LogP contribution in [0.3, 0.4) is 0 Å². The summed E-state index contributed by atoms with van der Waals surface area (Å²) in [4.78, 5) is 0. The number of benzene rings is 2. The van der Waals surface area contributed by atoms with Crippen LogP contribution in [-0.2, 0) is 11.3 Å². The summed E-state index contributed by atoms with van der Waals surface area (Å²) < 4.78 is 11.1. The van der Waals surface area contributed by atoms with E-state index < -0.39 is 7.12 Å². The Labute approximate surface area is 134 Å². The lowest BCUT2D eigenvalue weighted by molar-refractivity contribution is 0.275. The maximum Gasteiger partial charge on any atom is 0.492 e. The van der Waals surface area contributed by atoms with Crippen molar-refractivity contribution in [3.8, 4) is 17.6 Å². The van der Waals surface area contributed by atoms with Crippen LogP contribution in [0.1, 0.15) is 22.3 Å². The topological polar surface area (TPSA) is 62.5 Å². The number of ether oxygens (including phenoxy) is 1. The minimum Gasteiger partial charge on any atom is -0.457 e. The van der Waals surface area contributed by atoms with E-state index in [9.17, 15) is 5.02 Å². The molecule has 0 spiro atoms. The van der Waals surface area contributed by atoms with Crippen molar-refractivity contribution in [2.45, 2.75) is 20.5 Å². The first-order chi connectivity index (χ1) is 10.5. The second-order valence-electron chi connectivity index (χ2n) is 5.29. The average Bonchev–Trinajstić information content (AvgIpc) is 2.84. The van der Waals surface area contributed by atoms with E-state index in [0.717, 1.165) is 22.2 Å². The van der Waals surface area contributed by atoms with Gasteiger partial charge in [-0.1, -0.05) is 11.6 Å². The molecule has 110 valence electrons. The summed E-state index contributed by atoms with van der Waals surface area (Å²) in [6.07, 6.45) is 0. The predicted molar refractivity (Wildman–Crippen MR) is 84.6 cm³/mol. The fraction of sp³-hybridized carbons (Fsp3) is 0.188. The normalized spacial score (nSPS) is 13.0. The zero-order valence-electron chi connectivity index (χ0n) is 12.2. The van der Waals surface area contributed by atoms with Crippen molar-refractivity contribution in [1.29, 1.82) is 5.26 Å². The molecule has 2 aromatic carbocycles. The SMILES string of the molecule is Cc1cc(Oc2cc(C)c3c(c2)COB3O)cc(C#N)c1Cl. The predicted octanol–water partition coefficient (Wildman–Crippen LogP) is 2.84. The first kappa shape index (κ1) is 14.9. The molecule has 0 saturated heterocycles. The van der Waals surface area contributed by atoms with E-state index in [-0.39, 0.29) is 0 Å². The van der Waals surface area contributed by atoms with Crippen molar-refractivity contribution in [3.05, 3.63) is 51.5 Å². The van der Waals surface area contributed by atoms with Crippen molar-refractivity contribution in [2.24, 2.45) is 0 Å². The van der Waals surface area contributed by atoms with Gasteiger partial charge in [0.05, 0.1) is 17.2 Å². The highest BCUT2D eigenvalue weighted by molar-refractivity contribution is 6.62. The zero-order valence-corrected chi connectivity index (χ0v) is 12.9. The van der Waals surface area contributed by atoms with E-state index in [2.05, 4.69) is 6.07 Å². The minimum absolute atomic E-state index is 0.359. The standard InChI is InChI=1S/C16H13BClNO3/c1-9-3-13(6-12-8-21-17(20)15(9)12)22-14-4-10(2)16(18)11(5-14)7-19/h3-6,20H,8H2,1-2H3. The quantitative estimate of drug-likeness (QED) is 0.866. The van der Waals surface area contributed by atoms with E-state index in [4.69, 9.17) is 26.3 Å². The van der Waals surface area contributed by atoms with Crippen LogP contribution in [0.4, 0.5) is 0 Å². The summed E-state index contributed by atoms with van der Waals surface area (Å²) in [5.74, 6) is 1.19. The summed E-state index contributed by atoms with van der Waals surface area (Å²) in [5, 5.41) is 19.3. The summed E-state index contributed by atoms with van der Waals surface area (Å²) in [5.41, 5.74) is 3.79. The Morgan fingerprint density at radius 3 is 2.64 bits per heavy atom. The molecule has 0 unspecified atom stereocenters. The van der Waals surface area contributed by atoms with Gasteiger partial charge in [-0.05, 0) is 54.2 Å². The molecule has 3 rings (SSSR count). The van der Waals surface area contributed by atoms with Crippen LogP contribution in [0.15, 0.2) is 24.3 Å². The van der Waals surface area contributed by atoms with Crippen molar-refractivity contribution in [3.63, 3.8) is 0 Å². The van der Waals surface area contributed by atoms with Crippen molar-refractivity contribution in [2.75, 3.05) is 0 Å². The first-order valence-corrected chi connectivity index (χ1v) is 7.18. The number of aryl methyl sites for hydroxylation is 2. The number of rotatable bonds is 2. The monoisotopic (exact) mass is 313 g/mol. The second-order valence-corrected chi connectivity index (χ2v) is 5.67. The lowest BCUT2D eigenvalue weighted by atomic mass is 9.76. The molecule has 4 nitrogen and oxygen atoms in total. The number of nitriles is 1. The zero-order chi connectivity index (χ0) is 15.9. The van der Waals surface area contributed by atoms with Crippen LogP contribution in [0, 0.1) is 25.2 Å². The maximum absolute atomic E-state index is 9.76. The molecular formula is C16H13BClNO3. The number of hydrogen-bond donors (Lipinski definition) is 1. The molecule has 0 aromatic heterocycles. The highest BCUT2D eigenvalue weighted by atomic mass is 35.5. The molecule has 0 atom stereocenters. The van der Waals surface area contributed by atoms with Gasteiger partial charge in [0, 0.05) is 6.07 Å². The first-order valence-electron chi connectivity index (χ1n) is 6.81. The molecule has 1 N–H and O–H groups in total. The smallest absolute Gasteiger partial charge is 0.457 e. The van der Waals surface area contributed by atoms with Gasteiger partial charge >= 0.3 is 7.12 Å². The lowest BCUT2D eigenvalue weighted by Crippen LogP contribution is -2.30. The molecular weight excluding hydrogens is 300 g/mol. The van der Waals surface area contributed by atoms with Gasteiger partial charge in [-0.15, -0.1) is 0 Å². The number of hydrogen-bond acceptors (Lipinski definition) is 4. The highest BCUT2D eigenvalue weighted by Gasteiger charge is 2.29. The molecule has 0 saturated carbocycles. The fourth-order valence-corrected chi connectivity index (χ4v) is 2.78. The van der Waals surface area contributed by atoms with Gasteiger partial charge in [0.15, 0.2) is 0 Å². The Bertz CT molecular complexity index is 801. The van der Waals surface area contributed by atoms with Crippen molar-refractivity contribution in [1.82, 2.24) is 0 Å². The molecule has 2 aromatic rings. The van der Waals surface area contributed by atoms with Gasteiger partial charge in [0.2, 0.25) is 0 Å². The third-order valence-corrected chi connectivity index (χ3v) is 4.18. The highest BCUT2D eigenvalue weighted by Crippen LogP contribution is 2.30. The third kappa shape index (κ3) is 2.57. The van der Waals surface area contributed by atoms with E-state index in [1.165, 1.54) is 0 Å². The molecule has 0 aliphatic carbocycles. The molecule has 1 aliphatic rings. The Kier molecular flexibility index (Phi) is 3.84.